The van der Waals surface area contributed by atoms with Crippen molar-refractivity contribution in [3.63, 3.8) is 0 Å². The molecule has 0 spiro atoms. The Kier molecular flexibility index (Phi) is 5.78. The average molecular weight is 333 g/mol. The van der Waals surface area contributed by atoms with E-state index in [9.17, 15) is 4.79 Å². The maximum atomic E-state index is 12.4. The van der Waals surface area contributed by atoms with Gasteiger partial charge in [0.25, 0.3) is 0 Å². The third-order valence-electron chi connectivity index (χ3n) is 3.68. The molecule has 0 unspecified atom stereocenters. The van der Waals surface area contributed by atoms with Crippen LogP contribution in [0.5, 0.6) is 0 Å². The van der Waals surface area contributed by atoms with Crippen LogP contribution in [0.15, 0.2) is 40.9 Å². The second-order valence-corrected chi connectivity index (χ2v) is 6.08. The van der Waals surface area contributed by atoms with Crippen LogP contribution in [-0.4, -0.2) is 5.78 Å². The van der Waals surface area contributed by atoms with Crippen LogP contribution in [-0.2, 0) is 0 Å². The van der Waals surface area contributed by atoms with E-state index in [4.69, 9.17) is 0 Å². The summed E-state index contributed by atoms with van der Waals surface area (Å²) in [5, 5.41) is 2.17. The van der Waals surface area contributed by atoms with Crippen LogP contribution in [0.25, 0.3) is 10.8 Å². The first-order valence-corrected chi connectivity index (χ1v) is 8.23. The molecule has 20 heavy (non-hydrogen) atoms. The second kappa shape index (κ2) is 7.58. The summed E-state index contributed by atoms with van der Waals surface area (Å²) in [6.07, 6.45) is 6.58. The van der Waals surface area contributed by atoms with Gasteiger partial charge in [-0.1, -0.05) is 72.8 Å². The number of benzene rings is 2. The molecule has 0 fully saturated rings. The summed E-state index contributed by atoms with van der Waals surface area (Å²) in [7, 11) is 0. The third-order valence-corrected chi connectivity index (χ3v) is 4.37. The predicted octanol–water partition coefficient (Wildman–Crippen LogP) is 6.15. The van der Waals surface area contributed by atoms with Crippen molar-refractivity contribution in [1.29, 1.82) is 0 Å². The minimum atomic E-state index is 0.269. The number of carbonyl (C=O) groups is 1. The van der Waals surface area contributed by atoms with Crippen molar-refractivity contribution in [2.75, 3.05) is 0 Å². The summed E-state index contributed by atoms with van der Waals surface area (Å²) in [5.41, 5.74) is 0.860. The molecular formula is C18H21BrO. The Hall–Kier alpha value is -1.15. The van der Waals surface area contributed by atoms with Gasteiger partial charge in [-0.25, -0.2) is 0 Å². The Bertz CT molecular complexity index is 589. The maximum absolute atomic E-state index is 12.4. The molecule has 2 heteroatoms. The lowest BCUT2D eigenvalue weighted by Gasteiger charge is -2.07. The molecule has 0 saturated heterocycles. The molecule has 1 nitrogen and oxygen atoms in total. The van der Waals surface area contributed by atoms with Crippen LogP contribution in [0.4, 0.5) is 0 Å². The zero-order valence-electron chi connectivity index (χ0n) is 12.0. The summed E-state index contributed by atoms with van der Waals surface area (Å²) in [4.78, 5) is 12.4. The molecule has 2 aromatic carbocycles. The van der Waals surface area contributed by atoms with Crippen molar-refractivity contribution < 1.29 is 4.79 Å². The van der Waals surface area contributed by atoms with E-state index in [1.807, 2.05) is 30.3 Å². The van der Waals surface area contributed by atoms with Crippen molar-refractivity contribution in [1.82, 2.24) is 0 Å². The van der Waals surface area contributed by atoms with E-state index in [1.165, 1.54) is 19.3 Å². The number of Topliss-reactive ketones (excluding diaryl/α,β-unsaturated/α-hetero) is 1. The quantitative estimate of drug-likeness (QED) is 0.439. The summed E-state index contributed by atoms with van der Waals surface area (Å²) >= 11 is 3.55. The van der Waals surface area contributed by atoms with E-state index in [0.717, 1.165) is 33.7 Å². The number of halogens is 1. The maximum Gasteiger partial charge on any atom is 0.163 e. The first-order chi connectivity index (χ1) is 9.74. The normalized spacial score (nSPS) is 10.9. The lowest BCUT2D eigenvalue weighted by Crippen LogP contribution is -2.00. The topological polar surface area (TPSA) is 17.1 Å². The van der Waals surface area contributed by atoms with Gasteiger partial charge in [0.15, 0.2) is 5.78 Å². The zero-order valence-corrected chi connectivity index (χ0v) is 13.6. The number of hydrogen-bond acceptors (Lipinski definition) is 1. The molecule has 0 aliphatic heterocycles. The van der Waals surface area contributed by atoms with Gasteiger partial charge in [-0.3, -0.25) is 4.79 Å². The van der Waals surface area contributed by atoms with Crippen molar-refractivity contribution in [2.24, 2.45) is 0 Å². The van der Waals surface area contributed by atoms with Gasteiger partial charge in [0.1, 0.15) is 0 Å². The highest BCUT2D eigenvalue weighted by molar-refractivity contribution is 9.10. The van der Waals surface area contributed by atoms with Crippen molar-refractivity contribution >= 4 is 32.5 Å². The van der Waals surface area contributed by atoms with Crippen LogP contribution in [0.3, 0.4) is 0 Å². The van der Waals surface area contributed by atoms with Gasteiger partial charge < -0.3 is 0 Å². The van der Waals surface area contributed by atoms with Gasteiger partial charge in [-0.05, 0) is 29.3 Å². The number of carbonyl (C=O) groups excluding carboxylic acids is 1. The number of fused-ring (bicyclic) bond motifs is 1. The van der Waals surface area contributed by atoms with Gasteiger partial charge in [0, 0.05) is 16.5 Å². The predicted molar refractivity (Wildman–Crippen MR) is 89.4 cm³/mol. The first kappa shape index (κ1) is 15.2. The monoisotopic (exact) mass is 332 g/mol. The van der Waals surface area contributed by atoms with Crippen molar-refractivity contribution in [2.45, 2.75) is 45.4 Å². The lowest BCUT2D eigenvalue weighted by molar-refractivity contribution is 0.0980. The SMILES string of the molecule is CCCCCCCC(=O)c1ccc(Br)c2ccccc12. The molecule has 0 atom stereocenters. The molecule has 0 N–H and O–H groups in total. The zero-order chi connectivity index (χ0) is 14.4. The van der Waals surface area contributed by atoms with E-state index in [-0.39, 0.29) is 5.78 Å². The molecule has 0 aromatic heterocycles. The largest absolute Gasteiger partial charge is 0.294 e. The molecular weight excluding hydrogens is 312 g/mol. The minimum Gasteiger partial charge on any atom is -0.294 e. The van der Waals surface area contributed by atoms with E-state index in [2.05, 4.69) is 28.9 Å². The van der Waals surface area contributed by atoms with Crippen LogP contribution >= 0.6 is 15.9 Å². The highest BCUT2D eigenvalue weighted by atomic mass is 79.9. The Balaban J connectivity index is 2.09. The minimum absolute atomic E-state index is 0.269. The van der Waals surface area contributed by atoms with E-state index in [1.54, 1.807) is 0 Å². The number of hydrogen-bond donors (Lipinski definition) is 0. The molecule has 2 rings (SSSR count). The van der Waals surface area contributed by atoms with Crippen molar-refractivity contribution in [3.8, 4) is 0 Å². The second-order valence-electron chi connectivity index (χ2n) is 5.23. The molecule has 0 heterocycles. The fourth-order valence-corrected chi connectivity index (χ4v) is 3.01. The fourth-order valence-electron chi connectivity index (χ4n) is 2.53. The average Bonchev–Trinajstić information content (AvgIpc) is 2.47. The molecule has 0 amide bonds. The Morgan fingerprint density at radius 1 is 0.950 bits per heavy atom. The van der Waals surface area contributed by atoms with Crippen LogP contribution in [0, 0.1) is 0 Å². The summed E-state index contributed by atoms with van der Waals surface area (Å²) in [6.45, 7) is 2.21. The van der Waals surface area contributed by atoms with Gasteiger partial charge in [0.2, 0.25) is 0 Å². The highest BCUT2D eigenvalue weighted by Gasteiger charge is 2.11. The van der Waals surface area contributed by atoms with Crippen molar-refractivity contribution in [3.05, 3.63) is 46.4 Å². The summed E-state index contributed by atoms with van der Waals surface area (Å²) in [6, 6.07) is 12.0. The van der Waals surface area contributed by atoms with E-state index in [0.29, 0.717) is 6.42 Å². The highest BCUT2D eigenvalue weighted by Crippen LogP contribution is 2.27. The molecule has 106 valence electrons. The van der Waals surface area contributed by atoms with Crippen LogP contribution < -0.4 is 0 Å². The molecule has 0 aliphatic carbocycles. The Labute approximate surface area is 129 Å². The summed E-state index contributed by atoms with van der Waals surface area (Å²) in [5.74, 6) is 0.269. The van der Waals surface area contributed by atoms with Crippen LogP contribution in [0.2, 0.25) is 0 Å². The molecule has 0 bridgehead atoms. The molecule has 2 aromatic rings. The molecule has 0 radical (unpaired) electrons. The standard InChI is InChI=1S/C18H21BrO/c1-2-3-4-5-6-11-18(20)16-12-13-17(19)15-10-8-7-9-14(15)16/h7-10,12-13H,2-6,11H2,1H3. The smallest absolute Gasteiger partial charge is 0.163 e. The van der Waals surface area contributed by atoms with Gasteiger partial charge in [-0.2, -0.15) is 0 Å². The Morgan fingerprint density at radius 3 is 2.40 bits per heavy atom. The number of rotatable bonds is 7. The fraction of sp³-hybridized carbons (Fsp3) is 0.389. The lowest BCUT2D eigenvalue weighted by atomic mass is 9.98. The first-order valence-electron chi connectivity index (χ1n) is 7.44. The molecule has 0 saturated carbocycles. The summed E-state index contributed by atoms with van der Waals surface area (Å²) < 4.78 is 1.05. The van der Waals surface area contributed by atoms with E-state index < -0.39 is 0 Å². The molecule has 0 aliphatic rings. The van der Waals surface area contributed by atoms with E-state index >= 15 is 0 Å². The van der Waals surface area contributed by atoms with Gasteiger partial charge in [-0.15, -0.1) is 0 Å². The van der Waals surface area contributed by atoms with Crippen LogP contribution in [0.1, 0.15) is 55.8 Å². The van der Waals surface area contributed by atoms with Gasteiger partial charge >= 0.3 is 0 Å². The Morgan fingerprint density at radius 2 is 1.65 bits per heavy atom. The number of unbranched alkanes of at least 4 members (excludes halogenated alkanes) is 4. The third kappa shape index (κ3) is 3.69. The van der Waals surface area contributed by atoms with Gasteiger partial charge in [0.05, 0.1) is 0 Å². The number of ketones is 1.